The molecule has 0 amide bonds. The molecule has 1 N–H and O–H groups in total. The second kappa shape index (κ2) is 4.56. The predicted molar refractivity (Wildman–Crippen MR) is 63.2 cm³/mol. The van der Waals surface area contributed by atoms with Crippen molar-refractivity contribution >= 4 is 5.97 Å². The molecule has 88 valence electrons. The fraction of sp³-hybridized carbons (Fsp3) is 0.462. The van der Waals surface area contributed by atoms with Gasteiger partial charge < -0.3 is 9.84 Å². The summed E-state index contributed by atoms with van der Waals surface area (Å²) in [5.41, 5.74) is 0.839. The molecule has 1 rings (SSSR count). The number of hydrogen-bond acceptors (Lipinski definition) is 2. The van der Waals surface area contributed by atoms with Gasteiger partial charge in [0.15, 0.2) is 0 Å². The van der Waals surface area contributed by atoms with Gasteiger partial charge in [-0.3, -0.25) is 0 Å². The van der Waals surface area contributed by atoms with Crippen LogP contribution >= 0.6 is 0 Å². The van der Waals surface area contributed by atoms with Gasteiger partial charge >= 0.3 is 5.97 Å². The predicted octanol–water partition coefficient (Wildman–Crippen LogP) is 3.12. The summed E-state index contributed by atoms with van der Waals surface area (Å²) in [5.74, 6) is -0.522. The Hall–Kier alpha value is -1.51. The Morgan fingerprint density at radius 3 is 2.44 bits per heavy atom. The lowest BCUT2D eigenvalue weighted by molar-refractivity contribution is 0.0681. The number of rotatable bonds is 3. The van der Waals surface area contributed by atoms with E-state index in [0.29, 0.717) is 5.75 Å². The van der Waals surface area contributed by atoms with Gasteiger partial charge in [0.1, 0.15) is 16.9 Å². The molecule has 1 aromatic rings. The van der Waals surface area contributed by atoms with Crippen molar-refractivity contribution in [1.82, 2.24) is 0 Å². The Kier molecular flexibility index (Phi) is 3.58. The van der Waals surface area contributed by atoms with Crippen LogP contribution in [0.3, 0.4) is 0 Å². The van der Waals surface area contributed by atoms with Crippen molar-refractivity contribution in [1.29, 1.82) is 0 Å². The van der Waals surface area contributed by atoms with Crippen LogP contribution in [0.1, 0.15) is 43.6 Å². The first kappa shape index (κ1) is 12.6. The quantitative estimate of drug-likeness (QED) is 0.854. The van der Waals surface area contributed by atoms with Crippen LogP contribution in [-0.2, 0) is 6.42 Å². The number of ether oxygens (including phenoxy) is 1. The summed E-state index contributed by atoms with van der Waals surface area (Å²) in [5, 5.41) is 9.10. The van der Waals surface area contributed by atoms with Crippen LogP contribution in [0.4, 0.5) is 0 Å². The molecule has 0 unspecified atom stereocenters. The van der Waals surface area contributed by atoms with Gasteiger partial charge in [0.2, 0.25) is 0 Å². The minimum Gasteiger partial charge on any atom is -0.487 e. The average molecular weight is 222 g/mol. The van der Waals surface area contributed by atoms with Crippen LogP contribution in [-0.4, -0.2) is 16.7 Å². The van der Waals surface area contributed by atoms with E-state index in [4.69, 9.17) is 9.84 Å². The topological polar surface area (TPSA) is 46.5 Å². The van der Waals surface area contributed by atoms with Gasteiger partial charge in [-0.05, 0) is 44.9 Å². The third-order valence-corrected chi connectivity index (χ3v) is 2.10. The molecule has 0 atom stereocenters. The largest absolute Gasteiger partial charge is 0.487 e. The summed E-state index contributed by atoms with van der Waals surface area (Å²) in [6.45, 7) is 7.68. The van der Waals surface area contributed by atoms with E-state index in [2.05, 4.69) is 0 Å². The molecule has 0 spiro atoms. The van der Waals surface area contributed by atoms with Gasteiger partial charge in [-0.15, -0.1) is 0 Å². The maximum Gasteiger partial charge on any atom is 0.339 e. The number of carbonyl (C=O) groups is 1. The fourth-order valence-electron chi connectivity index (χ4n) is 1.38. The number of carboxylic acid groups (broad SMARTS) is 1. The first-order valence-electron chi connectivity index (χ1n) is 5.38. The van der Waals surface area contributed by atoms with Gasteiger partial charge in [-0.25, -0.2) is 4.79 Å². The highest BCUT2D eigenvalue weighted by Crippen LogP contribution is 2.24. The van der Waals surface area contributed by atoms with E-state index >= 15 is 0 Å². The van der Waals surface area contributed by atoms with Crippen LogP contribution in [0.15, 0.2) is 18.2 Å². The molecule has 0 aliphatic carbocycles. The lowest BCUT2D eigenvalue weighted by atomic mass is 10.1. The summed E-state index contributed by atoms with van der Waals surface area (Å²) in [6, 6.07) is 5.30. The first-order chi connectivity index (χ1) is 7.33. The van der Waals surface area contributed by atoms with Crippen molar-refractivity contribution in [2.75, 3.05) is 0 Å². The minimum atomic E-state index is -0.949. The highest BCUT2D eigenvalue weighted by molar-refractivity contribution is 5.91. The zero-order chi connectivity index (χ0) is 12.3. The van der Waals surface area contributed by atoms with Crippen molar-refractivity contribution in [3.63, 3.8) is 0 Å². The summed E-state index contributed by atoms with van der Waals surface area (Å²) < 4.78 is 5.61. The van der Waals surface area contributed by atoms with E-state index in [1.54, 1.807) is 12.1 Å². The second-order valence-corrected chi connectivity index (χ2v) is 4.70. The number of aromatic carboxylic acids is 1. The molecule has 0 radical (unpaired) electrons. The zero-order valence-electron chi connectivity index (χ0n) is 10.2. The molecule has 3 nitrogen and oxygen atoms in total. The first-order valence-corrected chi connectivity index (χ1v) is 5.38. The molecule has 0 bridgehead atoms. The number of carboxylic acids is 1. The third-order valence-electron chi connectivity index (χ3n) is 2.10. The molecule has 0 saturated heterocycles. The van der Waals surface area contributed by atoms with Crippen molar-refractivity contribution in [3.05, 3.63) is 29.3 Å². The smallest absolute Gasteiger partial charge is 0.339 e. The summed E-state index contributed by atoms with van der Waals surface area (Å²) >= 11 is 0. The highest BCUT2D eigenvalue weighted by atomic mass is 16.5. The van der Waals surface area contributed by atoms with E-state index in [0.717, 1.165) is 12.0 Å². The van der Waals surface area contributed by atoms with Crippen LogP contribution in [0.25, 0.3) is 0 Å². The highest BCUT2D eigenvalue weighted by Gasteiger charge is 2.18. The molecule has 16 heavy (non-hydrogen) atoms. The van der Waals surface area contributed by atoms with Crippen LogP contribution in [0.5, 0.6) is 5.75 Å². The van der Waals surface area contributed by atoms with Crippen LogP contribution in [0.2, 0.25) is 0 Å². The SMILES string of the molecule is CCc1ccc(OC(C)(C)C)c(C(=O)O)c1. The average Bonchev–Trinajstić information content (AvgIpc) is 2.15. The van der Waals surface area contributed by atoms with E-state index in [1.807, 2.05) is 33.8 Å². The molecule has 0 saturated carbocycles. The minimum absolute atomic E-state index is 0.231. The monoisotopic (exact) mass is 222 g/mol. The summed E-state index contributed by atoms with van der Waals surface area (Å²) in [6.07, 6.45) is 0.816. The molecule has 1 aromatic carbocycles. The molecule has 3 heteroatoms. The van der Waals surface area contributed by atoms with Gasteiger partial charge in [-0.1, -0.05) is 13.0 Å². The summed E-state index contributed by atoms with van der Waals surface area (Å²) in [7, 11) is 0. The van der Waals surface area contributed by atoms with Crippen molar-refractivity contribution in [3.8, 4) is 5.75 Å². The van der Waals surface area contributed by atoms with E-state index < -0.39 is 11.6 Å². The number of aryl methyl sites for hydroxylation is 1. The Balaban J connectivity index is 3.13. The van der Waals surface area contributed by atoms with Crippen LogP contribution in [0, 0.1) is 0 Å². The van der Waals surface area contributed by atoms with Crippen molar-refractivity contribution in [2.24, 2.45) is 0 Å². The van der Waals surface area contributed by atoms with Gasteiger partial charge in [-0.2, -0.15) is 0 Å². The maximum atomic E-state index is 11.1. The lowest BCUT2D eigenvalue weighted by Gasteiger charge is -2.22. The van der Waals surface area contributed by atoms with E-state index in [1.165, 1.54) is 0 Å². The van der Waals surface area contributed by atoms with Gasteiger partial charge in [0.25, 0.3) is 0 Å². The molecule has 0 aliphatic rings. The fourth-order valence-corrected chi connectivity index (χ4v) is 1.38. The zero-order valence-corrected chi connectivity index (χ0v) is 10.2. The number of hydrogen-bond donors (Lipinski definition) is 1. The molecule has 0 aliphatic heterocycles. The summed E-state index contributed by atoms with van der Waals surface area (Å²) in [4.78, 5) is 11.1. The van der Waals surface area contributed by atoms with Crippen LogP contribution < -0.4 is 4.74 Å². The Labute approximate surface area is 96.1 Å². The third kappa shape index (κ3) is 3.26. The van der Waals surface area contributed by atoms with Crippen molar-refractivity contribution < 1.29 is 14.6 Å². The maximum absolute atomic E-state index is 11.1. The molecule has 0 aromatic heterocycles. The van der Waals surface area contributed by atoms with Gasteiger partial charge in [0, 0.05) is 0 Å². The van der Waals surface area contributed by atoms with Crippen molar-refractivity contribution in [2.45, 2.75) is 39.7 Å². The molecule has 0 fully saturated rings. The van der Waals surface area contributed by atoms with Gasteiger partial charge in [0.05, 0.1) is 0 Å². The Morgan fingerprint density at radius 2 is 2.00 bits per heavy atom. The number of benzene rings is 1. The van der Waals surface area contributed by atoms with E-state index in [-0.39, 0.29) is 5.56 Å². The van der Waals surface area contributed by atoms with E-state index in [9.17, 15) is 4.79 Å². The standard InChI is InChI=1S/C13H18O3/c1-5-9-6-7-11(16-13(2,3)4)10(8-9)12(14)15/h6-8H,5H2,1-4H3,(H,14,15). The Bertz CT molecular complexity index is 389. The second-order valence-electron chi connectivity index (χ2n) is 4.70. The Morgan fingerprint density at radius 1 is 1.38 bits per heavy atom. The molecular weight excluding hydrogens is 204 g/mol. The normalized spacial score (nSPS) is 11.2. The molecular formula is C13H18O3. The lowest BCUT2D eigenvalue weighted by Crippen LogP contribution is -2.24. The molecule has 0 heterocycles.